The molecule has 0 saturated carbocycles. The zero-order valence-electron chi connectivity index (χ0n) is 12.8. The number of carboxylic acids is 1. The van der Waals surface area contributed by atoms with Crippen LogP contribution in [0.25, 0.3) is 0 Å². The second-order valence-corrected chi connectivity index (χ2v) is 5.77. The number of benzene rings is 1. The van der Waals surface area contributed by atoms with E-state index in [9.17, 15) is 9.90 Å². The van der Waals surface area contributed by atoms with E-state index in [-0.39, 0.29) is 6.04 Å². The molecule has 1 aliphatic rings. The summed E-state index contributed by atoms with van der Waals surface area (Å²) in [7, 11) is 4.03. The Hall–Kier alpha value is -1.59. The topological polar surface area (TPSA) is 53.0 Å². The molecule has 1 heterocycles. The van der Waals surface area contributed by atoms with E-state index in [0.29, 0.717) is 13.2 Å². The standard InChI is InChI=1S/C16H24N2O3/c1-17(2)9-10-21-14-6-3-5-13(11-14)12-18-8-4-7-15(18)16(19)20/h3,5-6,11,15H,4,7-10,12H2,1-2H3,(H,19,20). The summed E-state index contributed by atoms with van der Waals surface area (Å²) in [5.74, 6) is 0.131. The first kappa shape index (κ1) is 15.8. The summed E-state index contributed by atoms with van der Waals surface area (Å²) >= 11 is 0. The molecule has 1 fully saturated rings. The Kier molecular flexibility index (Phi) is 5.59. The Labute approximate surface area is 126 Å². The Morgan fingerprint density at radius 2 is 2.29 bits per heavy atom. The number of likely N-dealkylation sites (N-methyl/N-ethyl adjacent to an activating group) is 1. The summed E-state index contributed by atoms with van der Waals surface area (Å²) in [6, 6.07) is 7.59. The molecule has 1 aliphatic heterocycles. The van der Waals surface area contributed by atoms with Crippen LogP contribution in [0.2, 0.25) is 0 Å². The first-order valence-corrected chi connectivity index (χ1v) is 7.39. The molecule has 2 rings (SSSR count). The van der Waals surface area contributed by atoms with Crippen LogP contribution in [-0.2, 0) is 11.3 Å². The second kappa shape index (κ2) is 7.43. The third-order valence-corrected chi connectivity index (χ3v) is 3.74. The van der Waals surface area contributed by atoms with E-state index < -0.39 is 5.97 Å². The monoisotopic (exact) mass is 292 g/mol. The van der Waals surface area contributed by atoms with Gasteiger partial charge in [0, 0.05) is 13.1 Å². The minimum absolute atomic E-state index is 0.344. The summed E-state index contributed by atoms with van der Waals surface area (Å²) in [6.07, 6.45) is 1.70. The van der Waals surface area contributed by atoms with Gasteiger partial charge in [0.1, 0.15) is 18.4 Å². The maximum atomic E-state index is 11.2. The first-order chi connectivity index (χ1) is 10.1. The highest BCUT2D eigenvalue weighted by Crippen LogP contribution is 2.22. The molecular weight excluding hydrogens is 268 g/mol. The van der Waals surface area contributed by atoms with Crippen molar-refractivity contribution in [3.8, 4) is 5.75 Å². The number of ether oxygens (including phenoxy) is 1. The van der Waals surface area contributed by atoms with Crippen LogP contribution in [0, 0.1) is 0 Å². The van der Waals surface area contributed by atoms with Crippen molar-refractivity contribution in [3.63, 3.8) is 0 Å². The van der Waals surface area contributed by atoms with Crippen molar-refractivity contribution in [3.05, 3.63) is 29.8 Å². The minimum Gasteiger partial charge on any atom is -0.492 e. The van der Waals surface area contributed by atoms with Crippen LogP contribution in [-0.4, -0.2) is 60.7 Å². The molecule has 0 spiro atoms. The smallest absolute Gasteiger partial charge is 0.320 e. The Balaban J connectivity index is 1.93. The molecule has 5 heteroatoms. The summed E-state index contributed by atoms with van der Waals surface area (Å²) in [6.45, 7) is 3.04. The minimum atomic E-state index is -0.717. The highest BCUT2D eigenvalue weighted by atomic mass is 16.5. The van der Waals surface area contributed by atoms with Gasteiger partial charge in [0.05, 0.1) is 0 Å². The molecule has 1 aromatic rings. The number of likely N-dealkylation sites (tertiary alicyclic amines) is 1. The highest BCUT2D eigenvalue weighted by Gasteiger charge is 2.30. The van der Waals surface area contributed by atoms with Crippen LogP contribution in [0.4, 0.5) is 0 Å². The van der Waals surface area contributed by atoms with Gasteiger partial charge in [-0.25, -0.2) is 0 Å². The van der Waals surface area contributed by atoms with E-state index in [1.807, 2.05) is 43.3 Å². The van der Waals surface area contributed by atoms with E-state index in [0.717, 1.165) is 37.2 Å². The van der Waals surface area contributed by atoms with E-state index in [4.69, 9.17) is 4.74 Å². The van der Waals surface area contributed by atoms with Gasteiger partial charge in [-0.1, -0.05) is 12.1 Å². The van der Waals surface area contributed by atoms with Crippen LogP contribution >= 0.6 is 0 Å². The Bertz CT molecular complexity index is 476. The zero-order chi connectivity index (χ0) is 15.2. The molecule has 116 valence electrons. The van der Waals surface area contributed by atoms with Gasteiger partial charge in [-0.05, 0) is 51.2 Å². The maximum absolute atomic E-state index is 11.2. The molecular formula is C16H24N2O3. The van der Waals surface area contributed by atoms with E-state index in [1.165, 1.54) is 0 Å². The SMILES string of the molecule is CN(C)CCOc1cccc(CN2CCCC2C(=O)O)c1. The first-order valence-electron chi connectivity index (χ1n) is 7.39. The van der Waals surface area contributed by atoms with Crippen molar-refractivity contribution in [1.29, 1.82) is 0 Å². The lowest BCUT2D eigenvalue weighted by molar-refractivity contribution is -0.142. The van der Waals surface area contributed by atoms with Crippen molar-refractivity contribution in [2.75, 3.05) is 33.8 Å². The average molecular weight is 292 g/mol. The Morgan fingerprint density at radius 1 is 1.48 bits per heavy atom. The molecule has 21 heavy (non-hydrogen) atoms. The lowest BCUT2D eigenvalue weighted by atomic mass is 10.1. The van der Waals surface area contributed by atoms with Gasteiger partial charge in [0.25, 0.3) is 0 Å². The fourth-order valence-corrected chi connectivity index (χ4v) is 2.61. The third-order valence-electron chi connectivity index (χ3n) is 3.74. The maximum Gasteiger partial charge on any atom is 0.320 e. The number of hydrogen-bond donors (Lipinski definition) is 1. The molecule has 0 bridgehead atoms. The van der Waals surface area contributed by atoms with Crippen LogP contribution in [0.3, 0.4) is 0 Å². The van der Waals surface area contributed by atoms with Crippen molar-refractivity contribution >= 4 is 5.97 Å². The van der Waals surface area contributed by atoms with Gasteiger partial charge in [-0.2, -0.15) is 0 Å². The second-order valence-electron chi connectivity index (χ2n) is 5.77. The lowest BCUT2D eigenvalue weighted by Crippen LogP contribution is -2.35. The molecule has 1 atom stereocenters. The summed E-state index contributed by atoms with van der Waals surface area (Å²) in [5, 5.41) is 9.21. The summed E-state index contributed by atoms with van der Waals surface area (Å²) in [5.41, 5.74) is 1.10. The van der Waals surface area contributed by atoms with Crippen LogP contribution in [0.5, 0.6) is 5.75 Å². The number of hydrogen-bond acceptors (Lipinski definition) is 4. The predicted molar refractivity (Wildman–Crippen MR) is 81.6 cm³/mol. The van der Waals surface area contributed by atoms with Crippen molar-refractivity contribution in [2.45, 2.75) is 25.4 Å². The van der Waals surface area contributed by atoms with Gasteiger partial charge in [-0.3, -0.25) is 9.69 Å². The number of aliphatic carboxylic acids is 1. The van der Waals surface area contributed by atoms with Crippen molar-refractivity contribution < 1.29 is 14.6 Å². The molecule has 1 saturated heterocycles. The van der Waals surface area contributed by atoms with Crippen molar-refractivity contribution in [1.82, 2.24) is 9.80 Å². The number of nitrogens with zero attached hydrogens (tertiary/aromatic N) is 2. The fraction of sp³-hybridized carbons (Fsp3) is 0.562. The molecule has 1 N–H and O–H groups in total. The van der Waals surface area contributed by atoms with Gasteiger partial charge < -0.3 is 14.7 Å². The molecule has 0 aromatic heterocycles. The summed E-state index contributed by atoms with van der Waals surface area (Å²) < 4.78 is 5.72. The normalized spacial score (nSPS) is 19.1. The van der Waals surface area contributed by atoms with Gasteiger partial charge in [0.2, 0.25) is 0 Å². The van der Waals surface area contributed by atoms with Crippen LogP contribution < -0.4 is 4.74 Å². The predicted octanol–water partition coefficient (Wildman–Crippen LogP) is 1.68. The van der Waals surface area contributed by atoms with Gasteiger partial charge in [0.15, 0.2) is 0 Å². The lowest BCUT2D eigenvalue weighted by Gasteiger charge is -2.21. The number of carbonyl (C=O) groups is 1. The molecule has 0 radical (unpaired) electrons. The van der Waals surface area contributed by atoms with Gasteiger partial charge in [-0.15, -0.1) is 0 Å². The molecule has 0 aliphatic carbocycles. The largest absolute Gasteiger partial charge is 0.492 e. The van der Waals surface area contributed by atoms with E-state index in [2.05, 4.69) is 4.90 Å². The molecule has 5 nitrogen and oxygen atoms in total. The van der Waals surface area contributed by atoms with Crippen LogP contribution in [0.1, 0.15) is 18.4 Å². The Morgan fingerprint density at radius 3 is 3.00 bits per heavy atom. The highest BCUT2D eigenvalue weighted by molar-refractivity contribution is 5.73. The molecule has 0 amide bonds. The fourth-order valence-electron chi connectivity index (χ4n) is 2.61. The van der Waals surface area contributed by atoms with Crippen molar-refractivity contribution in [2.24, 2.45) is 0 Å². The van der Waals surface area contributed by atoms with E-state index >= 15 is 0 Å². The number of rotatable bonds is 7. The quantitative estimate of drug-likeness (QED) is 0.828. The summed E-state index contributed by atoms with van der Waals surface area (Å²) in [4.78, 5) is 15.3. The molecule has 1 unspecified atom stereocenters. The van der Waals surface area contributed by atoms with Crippen LogP contribution in [0.15, 0.2) is 24.3 Å². The van der Waals surface area contributed by atoms with Gasteiger partial charge >= 0.3 is 5.97 Å². The van der Waals surface area contributed by atoms with E-state index in [1.54, 1.807) is 0 Å². The zero-order valence-corrected chi connectivity index (χ0v) is 12.8. The number of carboxylic acid groups (broad SMARTS) is 1. The third kappa shape index (κ3) is 4.72. The molecule has 1 aromatic carbocycles. The average Bonchev–Trinajstić information content (AvgIpc) is 2.87.